The van der Waals surface area contributed by atoms with Crippen LogP contribution in [0.1, 0.15) is 28.4 Å². The Hall–Kier alpha value is -1.61. The molecule has 2 rings (SSSR count). The van der Waals surface area contributed by atoms with Crippen LogP contribution < -0.4 is 4.90 Å². The Morgan fingerprint density at radius 3 is 2.40 bits per heavy atom. The van der Waals surface area contributed by atoms with Crippen molar-refractivity contribution in [1.82, 2.24) is 0 Å². The summed E-state index contributed by atoms with van der Waals surface area (Å²) >= 11 is 3.42. The molecule has 0 fully saturated rings. The molecule has 0 aromatic heterocycles. The van der Waals surface area contributed by atoms with Gasteiger partial charge in [0.15, 0.2) is 0 Å². The number of aryl methyl sites for hydroxylation is 2. The van der Waals surface area contributed by atoms with Crippen molar-refractivity contribution >= 4 is 27.5 Å². The van der Waals surface area contributed by atoms with Gasteiger partial charge in [0.2, 0.25) is 0 Å². The van der Waals surface area contributed by atoms with Crippen LogP contribution in [0.25, 0.3) is 0 Å². The molecule has 2 aromatic carbocycles. The number of anilines is 1. The van der Waals surface area contributed by atoms with Gasteiger partial charge in [0.25, 0.3) is 5.91 Å². The molecule has 2 aromatic rings. The van der Waals surface area contributed by atoms with Crippen LogP contribution in [0.2, 0.25) is 0 Å². The van der Waals surface area contributed by atoms with Gasteiger partial charge in [0.05, 0.1) is 0 Å². The number of hydrogen-bond acceptors (Lipinski definition) is 1. The van der Waals surface area contributed by atoms with E-state index in [0.29, 0.717) is 0 Å². The summed E-state index contributed by atoms with van der Waals surface area (Å²) < 4.78 is 0.918. The lowest BCUT2D eigenvalue weighted by atomic mass is 10.1. The first-order chi connectivity index (χ1) is 9.52. The van der Waals surface area contributed by atoms with Crippen molar-refractivity contribution in [3.05, 3.63) is 63.6 Å². The summed E-state index contributed by atoms with van der Waals surface area (Å²) in [6.07, 6.45) is 1.00. The molecule has 104 valence electrons. The minimum absolute atomic E-state index is 0.00745. The molecule has 2 nitrogen and oxygen atoms in total. The highest BCUT2D eigenvalue weighted by molar-refractivity contribution is 9.10. The smallest absolute Gasteiger partial charge is 0.258 e. The van der Waals surface area contributed by atoms with E-state index < -0.39 is 0 Å². The third kappa shape index (κ3) is 3.10. The Balaban J connectivity index is 2.29. The topological polar surface area (TPSA) is 20.3 Å². The number of benzene rings is 2. The van der Waals surface area contributed by atoms with Gasteiger partial charge in [-0.25, -0.2) is 0 Å². The lowest BCUT2D eigenvalue weighted by molar-refractivity contribution is 0.0992. The second-order valence-corrected chi connectivity index (χ2v) is 5.76. The summed E-state index contributed by atoms with van der Waals surface area (Å²) in [5.41, 5.74) is 3.89. The molecule has 0 radical (unpaired) electrons. The number of hydrogen-bond donors (Lipinski definition) is 0. The fraction of sp³-hybridized carbons (Fsp3) is 0.235. The van der Waals surface area contributed by atoms with Crippen molar-refractivity contribution in [3.8, 4) is 0 Å². The average Bonchev–Trinajstić information content (AvgIpc) is 2.48. The first-order valence-electron chi connectivity index (χ1n) is 6.66. The molecule has 1 amide bonds. The highest BCUT2D eigenvalue weighted by Gasteiger charge is 2.15. The Morgan fingerprint density at radius 1 is 1.15 bits per heavy atom. The molecule has 0 aliphatic rings. The molecule has 0 saturated heterocycles. The van der Waals surface area contributed by atoms with Gasteiger partial charge in [-0.1, -0.05) is 41.1 Å². The van der Waals surface area contributed by atoms with Gasteiger partial charge in [0, 0.05) is 22.8 Å². The van der Waals surface area contributed by atoms with Crippen LogP contribution in [0.3, 0.4) is 0 Å². The van der Waals surface area contributed by atoms with E-state index in [1.54, 1.807) is 4.90 Å². The van der Waals surface area contributed by atoms with E-state index in [1.165, 1.54) is 5.56 Å². The lowest BCUT2D eigenvalue weighted by Crippen LogP contribution is -2.26. The summed E-state index contributed by atoms with van der Waals surface area (Å²) in [5.74, 6) is 0.00745. The van der Waals surface area contributed by atoms with Gasteiger partial charge in [0.1, 0.15) is 0 Å². The van der Waals surface area contributed by atoms with Crippen molar-refractivity contribution in [3.63, 3.8) is 0 Å². The zero-order chi connectivity index (χ0) is 14.7. The summed E-state index contributed by atoms with van der Waals surface area (Å²) in [6.45, 7) is 4.07. The fourth-order valence-corrected chi connectivity index (χ4v) is 2.44. The Bertz CT molecular complexity index is 619. The Labute approximate surface area is 128 Å². The molecule has 3 heteroatoms. The number of amides is 1. The van der Waals surface area contributed by atoms with E-state index >= 15 is 0 Å². The zero-order valence-corrected chi connectivity index (χ0v) is 13.6. The highest BCUT2D eigenvalue weighted by atomic mass is 79.9. The van der Waals surface area contributed by atoms with Gasteiger partial charge in [-0.15, -0.1) is 0 Å². The van der Waals surface area contributed by atoms with Gasteiger partial charge in [-0.2, -0.15) is 0 Å². The van der Waals surface area contributed by atoms with E-state index in [0.717, 1.165) is 27.7 Å². The van der Waals surface area contributed by atoms with E-state index in [-0.39, 0.29) is 5.91 Å². The normalized spacial score (nSPS) is 10.4. The Morgan fingerprint density at radius 2 is 1.80 bits per heavy atom. The molecule has 0 unspecified atom stereocenters. The van der Waals surface area contributed by atoms with Crippen molar-refractivity contribution in [2.24, 2.45) is 0 Å². The number of nitrogens with zero attached hydrogens (tertiary/aromatic N) is 1. The maximum atomic E-state index is 12.6. The van der Waals surface area contributed by atoms with Gasteiger partial charge in [-0.3, -0.25) is 4.79 Å². The molecule has 0 heterocycles. The monoisotopic (exact) mass is 331 g/mol. The van der Waals surface area contributed by atoms with Gasteiger partial charge < -0.3 is 4.90 Å². The molecule has 0 aliphatic heterocycles. The predicted molar refractivity (Wildman–Crippen MR) is 87.4 cm³/mol. The summed E-state index contributed by atoms with van der Waals surface area (Å²) in [5, 5.41) is 0. The van der Waals surface area contributed by atoms with Crippen LogP contribution in [0.4, 0.5) is 5.69 Å². The van der Waals surface area contributed by atoms with E-state index in [4.69, 9.17) is 0 Å². The SMILES string of the molecule is CCc1ccc(N(C)C(=O)c2cc(Br)ccc2C)cc1. The Kier molecular flexibility index (Phi) is 4.61. The predicted octanol–water partition coefficient (Wildman–Crippen LogP) is 4.60. The molecule has 0 atom stereocenters. The zero-order valence-electron chi connectivity index (χ0n) is 12.0. The molecule has 0 spiro atoms. The van der Waals surface area contributed by atoms with Crippen LogP contribution in [0, 0.1) is 6.92 Å². The van der Waals surface area contributed by atoms with Crippen LogP contribution in [0.5, 0.6) is 0 Å². The maximum absolute atomic E-state index is 12.6. The maximum Gasteiger partial charge on any atom is 0.258 e. The first kappa shape index (κ1) is 14.8. The second-order valence-electron chi connectivity index (χ2n) is 4.84. The molecule has 0 aliphatic carbocycles. The van der Waals surface area contributed by atoms with Crippen molar-refractivity contribution < 1.29 is 4.79 Å². The van der Waals surface area contributed by atoms with Crippen LogP contribution >= 0.6 is 15.9 Å². The van der Waals surface area contributed by atoms with E-state index in [1.807, 2.05) is 44.3 Å². The molecule has 0 bridgehead atoms. The third-order valence-corrected chi connectivity index (χ3v) is 3.96. The first-order valence-corrected chi connectivity index (χ1v) is 7.45. The van der Waals surface area contributed by atoms with Gasteiger partial charge >= 0.3 is 0 Å². The summed E-state index contributed by atoms with van der Waals surface area (Å²) in [4.78, 5) is 14.3. The third-order valence-electron chi connectivity index (χ3n) is 3.47. The van der Waals surface area contributed by atoms with Crippen LogP contribution in [-0.2, 0) is 6.42 Å². The number of carbonyl (C=O) groups is 1. The summed E-state index contributed by atoms with van der Waals surface area (Å²) in [6, 6.07) is 13.9. The van der Waals surface area contributed by atoms with Crippen molar-refractivity contribution in [1.29, 1.82) is 0 Å². The fourth-order valence-electron chi connectivity index (χ4n) is 2.08. The quantitative estimate of drug-likeness (QED) is 0.805. The highest BCUT2D eigenvalue weighted by Crippen LogP contribution is 2.21. The van der Waals surface area contributed by atoms with Crippen LogP contribution in [0.15, 0.2) is 46.9 Å². The minimum atomic E-state index is 0.00745. The second kappa shape index (κ2) is 6.23. The van der Waals surface area contributed by atoms with Gasteiger partial charge in [-0.05, 0) is 48.7 Å². The van der Waals surface area contributed by atoms with Crippen molar-refractivity contribution in [2.75, 3.05) is 11.9 Å². The van der Waals surface area contributed by atoms with Crippen molar-refractivity contribution in [2.45, 2.75) is 20.3 Å². The summed E-state index contributed by atoms with van der Waals surface area (Å²) in [7, 11) is 1.81. The molecule has 0 saturated carbocycles. The van der Waals surface area contributed by atoms with E-state index in [2.05, 4.69) is 35.0 Å². The minimum Gasteiger partial charge on any atom is -0.311 e. The molecular formula is C17H18BrNO. The molecule has 20 heavy (non-hydrogen) atoms. The van der Waals surface area contributed by atoms with E-state index in [9.17, 15) is 4.79 Å². The number of halogens is 1. The number of carbonyl (C=O) groups excluding carboxylic acids is 1. The van der Waals surface area contributed by atoms with Crippen LogP contribution in [-0.4, -0.2) is 13.0 Å². The number of rotatable bonds is 3. The largest absolute Gasteiger partial charge is 0.311 e. The standard InChI is InChI=1S/C17H18BrNO/c1-4-13-6-9-15(10-7-13)19(3)17(20)16-11-14(18)8-5-12(16)2/h5-11H,4H2,1-3H3. The lowest BCUT2D eigenvalue weighted by Gasteiger charge is -2.19. The molecule has 0 N–H and O–H groups in total. The average molecular weight is 332 g/mol. The molecular weight excluding hydrogens is 314 g/mol.